The molecule has 0 bridgehead atoms. The summed E-state index contributed by atoms with van der Waals surface area (Å²) in [5, 5.41) is 1.09. The molecule has 2 radical (unpaired) electrons. The van der Waals surface area contributed by atoms with Crippen LogP contribution < -0.4 is 12.4 Å². The number of benzene rings is 1. The van der Waals surface area contributed by atoms with E-state index in [1.54, 1.807) is 0 Å². The van der Waals surface area contributed by atoms with Crippen LogP contribution in [0.25, 0.3) is 11.0 Å². The van der Waals surface area contributed by atoms with Crippen molar-refractivity contribution in [2.45, 2.75) is 25.2 Å². The van der Waals surface area contributed by atoms with Gasteiger partial charge in [0.1, 0.15) is 11.3 Å². The van der Waals surface area contributed by atoms with Crippen molar-refractivity contribution in [3.05, 3.63) is 48.2 Å². The summed E-state index contributed by atoms with van der Waals surface area (Å²) in [5.74, 6) is 1.43. The van der Waals surface area contributed by atoms with Gasteiger partial charge >= 0.3 is 27.7 Å². The summed E-state index contributed by atoms with van der Waals surface area (Å²) in [7, 11) is 0. The van der Waals surface area contributed by atoms with Gasteiger partial charge in [-0.15, -0.1) is 0 Å². The first-order valence-corrected chi connectivity index (χ1v) is 5.51. The van der Waals surface area contributed by atoms with Crippen molar-refractivity contribution in [2.75, 3.05) is 0 Å². The number of hydrogen-bond donors (Lipinski definition) is 0. The topological polar surface area (TPSA) is 13.1 Å². The smallest absolute Gasteiger partial charge is 1.00 e. The second kappa shape index (κ2) is 6.60. The number of halogens is 1. The molecule has 0 amide bonds. The molecule has 0 spiro atoms. The first-order chi connectivity index (χ1) is 7.43. The zero-order valence-electron chi connectivity index (χ0n) is 9.66. The quantitative estimate of drug-likeness (QED) is 0.485. The standard InChI is InChI=1S/C14H13O.ClH.Hg/c1-2-6-11(7-3-1)14-10-12-8-4-5-9-13(12)15-14;;/h2,4-6,8-9,11H,1,3,7H2;1H;/q;;+1/p-1. The predicted molar refractivity (Wildman–Crippen MR) is 60.8 cm³/mol. The molecular weight excluding hydrogens is 420 g/mol. The van der Waals surface area contributed by atoms with Gasteiger partial charge in [-0.25, -0.2) is 0 Å². The summed E-state index contributed by atoms with van der Waals surface area (Å²) >= 11 is 0. The molecule has 1 heterocycles. The van der Waals surface area contributed by atoms with Gasteiger partial charge in [0.05, 0.1) is 0 Å². The summed E-state index contributed by atoms with van der Waals surface area (Å²) in [6.45, 7) is 0. The number of allylic oxidation sites excluding steroid dienone is 2. The molecule has 0 fully saturated rings. The summed E-state index contributed by atoms with van der Waals surface area (Å²) in [6, 6.07) is 11.4. The Labute approximate surface area is 128 Å². The molecule has 2 aromatic rings. The molecule has 1 atom stereocenters. The second-order valence-electron chi connectivity index (χ2n) is 4.05. The van der Waals surface area contributed by atoms with Gasteiger partial charge in [0.2, 0.25) is 0 Å². The molecule has 3 heteroatoms. The zero-order chi connectivity index (χ0) is 10.1. The van der Waals surface area contributed by atoms with Crippen LogP contribution in [0.2, 0.25) is 0 Å². The molecule has 1 aliphatic rings. The molecule has 17 heavy (non-hydrogen) atoms. The molecule has 0 saturated carbocycles. The van der Waals surface area contributed by atoms with Crippen molar-refractivity contribution in [1.82, 2.24) is 0 Å². The van der Waals surface area contributed by atoms with Crippen LogP contribution in [-0.2, 0) is 27.7 Å². The first-order valence-electron chi connectivity index (χ1n) is 5.51. The molecular formula is C14H13ClHgO. The van der Waals surface area contributed by atoms with E-state index in [0.717, 1.165) is 16.7 Å². The molecule has 1 unspecified atom stereocenters. The van der Waals surface area contributed by atoms with Gasteiger partial charge in [-0.2, -0.15) is 0 Å². The monoisotopic (exact) mass is 434 g/mol. The fraction of sp³-hybridized carbons (Fsp3) is 0.286. The third-order valence-corrected chi connectivity index (χ3v) is 2.96. The first kappa shape index (κ1) is 14.8. The summed E-state index contributed by atoms with van der Waals surface area (Å²) < 4.78 is 5.80. The van der Waals surface area contributed by atoms with E-state index in [-0.39, 0.29) is 40.1 Å². The van der Waals surface area contributed by atoms with Gasteiger partial charge in [0.25, 0.3) is 0 Å². The van der Waals surface area contributed by atoms with Crippen molar-refractivity contribution in [2.24, 2.45) is 0 Å². The van der Waals surface area contributed by atoms with Crippen LogP contribution in [0.5, 0.6) is 0 Å². The van der Waals surface area contributed by atoms with Gasteiger partial charge in [-0.3, -0.25) is 0 Å². The minimum Gasteiger partial charge on any atom is -1.00 e. The molecule has 1 aromatic heterocycles. The normalized spacial score (nSPS) is 18.5. The summed E-state index contributed by atoms with van der Waals surface area (Å²) in [4.78, 5) is 0. The van der Waals surface area contributed by atoms with Crippen LogP contribution in [0.3, 0.4) is 0 Å². The fourth-order valence-corrected chi connectivity index (χ4v) is 2.13. The SMILES string of the molecule is [Cl-].[Hg+].[c]1c(C2C=CCCC2)oc2ccccc12. The van der Waals surface area contributed by atoms with E-state index in [1.165, 1.54) is 19.3 Å². The van der Waals surface area contributed by atoms with Crippen LogP contribution in [-0.4, -0.2) is 0 Å². The maximum atomic E-state index is 5.80. The molecule has 0 N–H and O–H groups in total. The average molecular weight is 433 g/mol. The van der Waals surface area contributed by atoms with E-state index >= 15 is 0 Å². The Morgan fingerprint density at radius 2 is 2.06 bits per heavy atom. The third kappa shape index (κ3) is 3.14. The third-order valence-electron chi connectivity index (χ3n) is 2.96. The minimum absolute atomic E-state index is 0. The van der Waals surface area contributed by atoms with Crippen molar-refractivity contribution >= 4 is 11.0 Å². The van der Waals surface area contributed by atoms with Crippen LogP contribution in [0, 0.1) is 6.07 Å². The minimum atomic E-state index is 0. The second-order valence-corrected chi connectivity index (χ2v) is 4.05. The van der Waals surface area contributed by atoms with Crippen LogP contribution >= 0.6 is 0 Å². The van der Waals surface area contributed by atoms with E-state index in [0.29, 0.717) is 5.92 Å². The largest absolute Gasteiger partial charge is 1.00 e. The van der Waals surface area contributed by atoms with E-state index in [1.807, 2.05) is 18.2 Å². The van der Waals surface area contributed by atoms with Crippen molar-refractivity contribution in [3.8, 4) is 0 Å². The van der Waals surface area contributed by atoms with E-state index in [2.05, 4.69) is 24.3 Å². The van der Waals surface area contributed by atoms with E-state index in [4.69, 9.17) is 4.42 Å². The molecule has 1 aromatic carbocycles. The van der Waals surface area contributed by atoms with Gasteiger partial charge < -0.3 is 16.8 Å². The fourth-order valence-electron chi connectivity index (χ4n) is 2.13. The van der Waals surface area contributed by atoms with Gasteiger partial charge in [0, 0.05) is 17.4 Å². The van der Waals surface area contributed by atoms with Gasteiger partial charge in [-0.05, 0) is 25.3 Å². The molecule has 1 aliphatic carbocycles. The molecule has 0 aliphatic heterocycles. The number of furan rings is 1. The Morgan fingerprint density at radius 1 is 1.24 bits per heavy atom. The zero-order valence-corrected chi connectivity index (χ0v) is 15.9. The van der Waals surface area contributed by atoms with Crippen LogP contribution in [0.4, 0.5) is 0 Å². The van der Waals surface area contributed by atoms with Crippen LogP contribution in [0.1, 0.15) is 30.9 Å². The maximum Gasteiger partial charge on any atom is 1.00 e. The Balaban J connectivity index is 0.000000722. The molecule has 1 nitrogen and oxygen atoms in total. The van der Waals surface area contributed by atoms with Gasteiger partial charge in [0.15, 0.2) is 0 Å². The summed E-state index contributed by atoms with van der Waals surface area (Å²) in [5.41, 5.74) is 0.950. The Kier molecular flexibility index (Phi) is 5.74. The maximum absolute atomic E-state index is 5.80. The van der Waals surface area contributed by atoms with Crippen molar-refractivity contribution in [1.29, 1.82) is 0 Å². The molecule has 3 rings (SSSR count). The van der Waals surface area contributed by atoms with Crippen molar-refractivity contribution in [3.63, 3.8) is 0 Å². The number of fused-ring (bicyclic) bond motifs is 1. The number of hydrogen-bond acceptors (Lipinski definition) is 1. The average Bonchev–Trinajstić information content (AvgIpc) is 2.74. The van der Waals surface area contributed by atoms with Gasteiger partial charge in [-0.1, -0.05) is 30.4 Å². The Morgan fingerprint density at radius 3 is 2.76 bits per heavy atom. The Hall–Kier alpha value is -0.275. The van der Waals surface area contributed by atoms with E-state index in [9.17, 15) is 0 Å². The Bertz CT molecular complexity index is 471. The van der Waals surface area contributed by atoms with Crippen molar-refractivity contribution < 1.29 is 44.5 Å². The molecule has 84 valence electrons. The predicted octanol–water partition coefficient (Wildman–Crippen LogP) is 1.06. The molecule has 0 saturated heterocycles. The van der Waals surface area contributed by atoms with Crippen LogP contribution in [0.15, 0.2) is 40.8 Å². The number of para-hydroxylation sites is 1. The van der Waals surface area contributed by atoms with E-state index < -0.39 is 0 Å². The summed E-state index contributed by atoms with van der Waals surface area (Å²) in [6.07, 6.45) is 8.14. The number of rotatable bonds is 1.